The molecule has 1 atom stereocenters. The van der Waals surface area contributed by atoms with Crippen LogP contribution < -0.4 is 15.0 Å². The van der Waals surface area contributed by atoms with Crippen LogP contribution in [0.2, 0.25) is 0 Å². The van der Waals surface area contributed by atoms with E-state index < -0.39 is 11.0 Å². The lowest BCUT2D eigenvalue weighted by Crippen LogP contribution is -2.42. The average molecular weight is 411 g/mol. The summed E-state index contributed by atoms with van der Waals surface area (Å²) in [4.78, 5) is 48.6. The van der Waals surface area contributed by atoms with Crippen molar-refractivity contribution in [2.75, 3.05) is 17.3 Å². The van der Waals surface area contributed by atoms with Gasteiger partial charge in [-0.25, -0.2) is 0 Å². The average Bonchev–Trinajstić information content (AvgIpc) is 2.70. The van der Waals surface area contributed by atoms with Crippen LogP contribution >= 0.6 is 0 Å². The van der Waals surface area contributed by atoms with E-state index in [2.05, 4.69) is 5.32 Å². The number of Topliss-reactive ketones (excluding diaryl/α,β-unsaturated/α-hetero) is 1. The number of amides is 2. The molecule has 0 saturated carbocycles. The van der Waals surface area contributed by atoms with Crippen molar-refractivity contribution in [3.63, 3.8) is 0 Å². The number of hydrogen-bond acceptors (Lipinski definition) is 6. The number of anilines is 2. The summed E-state index contributed by atoms with van der Waals surface area (Å²) in [7, 11) is 1.62. The molecule has 1 N–H and O–H groups in total. The van der Waals surface area contributed by atoms with Crippen molar-refractivity contribution >= 4 is 34.7 Å². The third-order valence-electron chi connectivity index (χ3n) is 4.88. The summed E-state index contributed by atoms with van der Waals surface area (Å²) in [6, 6.07) is 9.11. The van der Waals surface area contributed by atoms with Crippen molar-refractivity contribution in [3.8, 4) is 5.75 Å². The molecule has 0 saturated heterocycles. The number of aryl methyl sites for hydroxylation is 1. The van der Waals surface area contributed by atoms with Crippen LogP contribution in [0.4, 0.5) is 17.1 Å². The Morgan fingerprint density at radius 3 is 2.60 bits per heavy atom. The molecule has 1 heterocycles. The van der Waals surface area contributed by atoms with Gasteiger partial charge in [-0.1, -0.05) is 0 Å². The van der Waals surface area contributed by atoms with Gasteiger partial charge in [0.1, 0.15) is 5.75 Å². The first kappa shape index (κ1) is 21.0. The van der Waals surface area contributed by atoms with E-state index >= 15 is 0 Å². The fourth-order valence-corrected chi connectivity index (χ4v) is 3.22. The first-order chi connectivity index (χ1) is 14.2. The lowest BCUT2D eigenvalue weighted by molar-refractivity contribution is -0.385. The van der Waals surface area contributed by atoms with Gasteiger partial charge in [-0.05, 0) is 44.2 Å². The second kappa shape index (κ2) is 8.32. The number of rotatable bonds is 6. The Morgan fingerprint density at radius 1 is 1.20 bits per heavy atom. The molecule has 2 amide bonds. The number of nitrogens with one attached hydrogen (secondary N) is 1. The smallest absolute Gasteiger partial charge is 0.272 e. The van der Waals surface area contributed by atoms with Crippen molar-refractivity contribution in [2.45, 2.75) is 32.8 Å². The van der Waals surface area contributed by atoms with Crippen molar-refractivity contribution < 1.29 is 24.0 Å². The van der Waals surface area contributed by atoms with E-state index in [0.717, 1.165) is 0 Å². The Morgan fingerprint density at radius 2 is 1.93 bits per heavy atom. The maximum atomic E-state index is 12.5. The van der Waals surface area contributed by atoms with Crippen LogP contribution in [0.1, 0.15) is 35.7 Å². The summed E-state index contributed by atoms with van der Waals surface area (Å²) in [5.41, 5.74) is 1.71. The minimum atomic E-state index is -0.587. The SMILES string of the molecule is Cc1cc(NC(=O)CCC(=O)c2ccc3c(c2)N(C)C(=O)C(C)O3)ccc1[N+](=O)[O-]. The van der Waals surface area contributed by atoms with E-state index in [1.807, 2.05) is 0 Å². The molecule has 0 fully saturated rings. The van der Waals surface area contributed by atoms with Gasteiger partial charge in [0.25, 0.3) is 11.6 Å². The molecule has 3 rings (SSSR count). The molecule has 9 nitrogen and oxygen atoms in total. The molecule has 0 radical (unpaired) electrons. The highest BCUT2D eigenvalue weighted by Crippen LogP contribution is 2.34. The molecule has 30 heavy (non-hydrogen) atoms. The Hall–Kier alpha value is -3.75. The largest absolute Gasteiger partial charge is 0.479 e. The van der Waals surface area contributed by atoms with Crippen molar-refractivity contribution in [2.24, 2.45) is 0 Å². The lowest BCUT2D eigenvalue weighted by Gasteiger charge is -2.30. The van der Waals surface area contributed by atoms with Crippen LogP contribution in [0.3, 0.4) is 0 Å². The molecule has 0 aliphatic carbocycles. The van der Waals surface area contributed by atoms with Gasteiger partial charge in [-0.2, -0.15) is 0 Å². The van der Waals surface area contributed by atoms with Crippen LogP contribution in [-0.2, 0) is 9.59 Å². The molecule has 1 aliphatic rings. The van der Waals surface area contributed by atoms with Gasteiger partial charge in [0, 0.05) is 42.8 Å². The number of hydrogen-bond donors (Lipinski definition) is 1. The first-order valence-electron chi connectivity index (χ1n) is 9.33. The van der Waals surface area contributed by atoms with Crippen molar-refractivity contribution in [1.82, 2.24) is 0 Å². The predicted molar refractivity (Wildman–Crippen MR) is 110 cm³/mol. The molecule has 2 aromatic carbocycles. The normalized spacial score (nSPS) is 15.2. The number of benzene rings is 2. The van der Waals surface area contributed by atoms with E-state index in [1.54, 1.807) is 39.1 Å². The van der Waals surface area contributed by atoms with Crippen LogP contribution in [0.15, 0.2) is 36.4 Å². The third kappa shape index (κ3) is 4.29. The van der Waals surface area contributed by atoms with E-state index in [9.17, 15) is 24.5 Å². The highest BCUT2D eigenvalue weighted by Gasteiger charge is 2.29. The van der Waals surface area contributed by atoms with Gasteiger partial charge in [0.2, 0.25) is 5.91 Å². The first-order valence-corrected chi connectivity index (χ1v) is 9.33. The zero-order valence-corrected chi connectivity index (χ0v) is 16.8. The molecule has 1 unspecified atom stereocenters. The fraction of sp³-hybridized carbons (Fsp3) is 0.286. The van der Waals surface area contributed by atoms with Gasteiger partial charge >= 0.3 is 0 Å². The van der Waals surface area contributed by atoms with E-state index in [1.165, 1.54) is 23.1 Å². The Balaban J connectivity index is 1.62. The summed E-state index contributed by atoms with van der Waals surface area (Å²) >= 11 is 0. The Bertz CT molecular complexity index is 1050. The summed E-state index contributed by atoms with van der Waals surface area (Å²) in [6.07, 6.45) is -0.657. The molecule has 1 aliphatic heterocycles. The molecule has 0 bridgehead atoms. The third-order valence-corrected chi connectivity index (χ3v) is 4.88. The zero-order chi connectivity index (χ0) is 22.0. The number of nitrogens with zero attached hydrogens (tertiary/aromatic N) is 2. The monoisotopic (exact) mass is 411 g/mol. The minimum absolute atomic E-state index is 0.0223. The van der Waals surface area contributed by atoms with E-state index in [4.69, 9.17) is 4.74 Å². The van der Waals surface area contributed by atoms with Crippen LogP contribution in [-0.4, -0.2) is 35.7 Å². The molecule has 156 valence electrons. The number of likely N-dealkylation sites (N-methyl/N-ethyl adjacent to an activating group) is 1. The predicted octanol–water partition coefficient (Wildman–Crippen LogP) is 3.25. The second-order valence-corrected chi connectivity index (χ2v) is 7.07. The van der Waals surface area contributed by atoms with Crippen molar-refractivity contribution in [3.05, 3.63) is 57.6 Å². The number of fused-ring (bicyclic) bond motifs is 1. The number of ketones is 1. The zero-order valence-electron chi connectivity index (χ0n) is 16.8. The Labute approximate surface area is 172 Å². The number of nitro benzene ring substituents is 1. The Kier molecular flexibility index (Phi) is 5.81. The highest BCUT2D eigenvalue weighted by molar-refractivity contribution is 6.04. The molecule has 0 aromatic heterocycles. The summed E-state index contributed by atoms with van der Waals surface area (Å²) < 4.78 is 5.54. The number of carbonyl (C=O) groups is 3. The standard InChI is InChI=1S/C21H21N3O6/c1-12-10-15(5-6-16(12)24(28)29)22-20(26)9-7-18(25)14-4-8-19-17(11-14)23(3)21(27)13(2)30-19/h4-6,8,10-11,13H,7,9H2,1-3H3,(H,22,26). The van der Waals surface area contributed by atoms with Crippen LogP contribution in [0, 0.1) is 17.0 Å². The molecular formula is C21H21N3O6. The number of carbonyl (C=O) groups excluding carboxylic acids is 3. The highest BCUT2D eigenvalue weighted by atomic mass is 16.6. The second-order valence-electron chi connectivity index (χ2n) is 7.07. The topological polar surface area (TPSA) is 119 Å². The number of nitro groups is 1. The van der Waals surface area contributed by atoms with Crippen LogP contribution in [0.5, 0.6) is 5.75 Å². The summed E-state index contributed by atoms with van der Waals surface area (Å²) in [5.74, 6) is -0.302. The van der Waals surface area contributed by atoms with Gasteiger partial charge in [0.05, 0.1) is 10.6 Å². The molecule has 0 spiro atoms. The maximum absolute atomic E-state index is 12.5. The van der Waals surface area contributed by atoms with Crippen LogP contribution in [0.25, 0.3) is 0 Å². The summed E-state index contributed by atoms with van der Waals surface area (Å²) in [6.45, 7) is 3.24. The minimum Gasteiger partial charge on any atom is -0.479 e. The quantitative estimate of drug-likeness (QED) is 0.443. The summed E-state index contributed by atoms with van der Waals surface area (Å²) in [5, 5.41) is 13.5. The number of ether oxygens (including phenoxy) is 1. The van der Waals surface area contributed by atoms with Gasteiger partial charge in [-0.3, -0.25) is 24.5 Å². The van der Waals surface area contributed by atoms with E-state index in [0.29, 0.717) is 28.3 Å². The van der Waals surface area contributed by atoms with E-state index in [-0.39, 0.29) is 36.1 Å². The molecule has 2 aromatic rings. The molecular weight excluding hydrogens is 390 g/mol. The fourth-order valence-electron chi connectivity index (χ4n) is 3.22. The van der Waals surface area contributed by atoms with Gasteiger partial charge < -0.3 is 15.0 Å². The van der Waals surface area contributed by atoms with Gasteiger partial charge in [-0.15, -0.1) is 0 Å². The molecule has 9 heteroatoms. The van der Waals surface area contributed by atoms with Crippen molar-refractivity contribution in [1.29, 1.82) is 0 Å². The van der Waals surface area contributed by atoms with Gasteiger partial charge in [0.15, 0.2) is 11.9 Å². The lowest BCUT2D eigenvalue weighted by atomic mass is 10.0. The maximum Gasteiger partial charge on any atom is 0.272 e.